The Bertz CT molecular complexity index is 816. The van der Waals surface area contributed by atoms with E-state index in [2.05, 4.69) is 15.3 Å². The molecule has 3 N–H and O–H groups in total. The van der Waals surface area contributed by atoms with E-state index < -0.39 is 0 Å². The third-order valence-corrected chi connectivity index (χ3v) is 3.84. The van der Waals surface area contributed by atoms with Crippen LogP contribution in [0.15, 0.2) is 36.5 Å². The number of anilines is 2. The van der Waals surface area contributed by atoms with Crippen molar-refractivity contribution in [2.75, 3.05) is 18.2 Å². The van der Waals surface area contributed by atoms with Gasteiger partial charge in [0, 0.05) is 6.20 Å². The Hall–Kier alpha value is -2.67. The fourth-order valence-electron chi connectivity index (χ4n) is 1.92. The molecule has 0 bridgehead atoms. The minimum Gasteiger partial charge on any atom is -0.494 e. The number of amides is 1. The van der Waals surface area contributed by atoms with Gasteiger partial charge in [0.2, 0.25) is 0 Å². The number of benzene rings is 1. The molecule has 0 aliphatic carbocycles. The number of carbonyl (C=O) groups excluding carboxylic acids is 1. The molecule has 3 rings (SSSR count). The van der Waals surface area contributed by atoms with Gasteiger partial charge in [-0.3, -0.25) is 10.1 Å². The maximum absolute atomic E-state index is 12.2. The number of fused-ring (bicyclic) bond motifs is 1. The number of nitrogens with two attached hydrogens (primary N) is 1. The van der Waals surface area contributed by atoms with Gasteiger partial charge < -0.3 is 10.5 Å². The Morgan fingerprint density at radius 1 is 1.33 bits per heavy atom. The lowest BCUT2D eigenvalue weighted by Gasteiger charge is -2.03. The molecular formula is C14H12N4O2S. The van der Waals surface area contributed by atoms with Gasteiger partial charge >= 0.3 is 0 Å². The van der Waals surface area contributed by atoms with Crippen LogP contribution in [-0.2, 0) is 0 Å². The summed E-state index contributed by atoms with van der Waals surface area (Å²) in [6.45, 7) is 0. The number of carbonyl (C=O) groups is 1. The van der Waals surface area contributed by atoms with Gasteiger partial charge in [-0.15, -0.1) is 0 Å². The van der Waals surface area contributed by atoms with Crippen LogP contribution in [0.2, 0.25) is 0 Å². The molecule has 7 heteroatoms. The topological polar surface area (TPSA) is 90.1 Å². The summed E-state index contributed by atoms with van der Waals surface area (Å²) in [6, 6.07) is 8.90. The normalized spacial score (nSPS) is 10.5. The highest BCUT2D eigenvalue weighted by Gasteiger charge is 2.14. The minimum absolute atomic E-state index is 0.189. The van der Waals surface area contributed by atoms with Gasteiger partial charge in [-0.2, -0.15) is 0 Å². The molecule has 0 saturated carbocycles. The van der Waals surface area contributed by atoms with Crippen molar-refractivity contribution in [2.45, 2.75) is 0 Å². The number of aromatic nitrogens is 2. The highest BCUT2D eigenvalue weighted by atomic mass is 32.1. The number of ether oxygens (including phenoxy) is 1. The number of nitrogens with zero attached hydrogens (tertiary/aromatic N) is 2. The van der Waals surface area contributed by atoms with Gasteiger partial charge in [0.1, 0.15) is 17.1 Å². The quantitative estimate of drug-likeness (QED) is 0.775. The number of pyridine rings is 1. The molecule has 106 valence electrons. The van der Waals surface area contributed by atoms with Crippen molar-refractivity contribution >= 4 is 38.4 Å². The lowest BCUT2D eigenvalue weighted by molar-refractivity contribution is 0.102. The van der Waals surface area contributed by atoms with Crippen LogP contribution in [0, 0.1) is 0 Å². The second-order valence-corrected chi connectivity index (χ2v) is 5.25. The standard InChI is InChI=1S/C14H12N4O2S/c1-20-9-5-2-6-10-11(9)17-14(21-10)18-13(19)8-4-3-7-16-12(8)15/h2-7H,1H3,(H2,15,16)(H,17,18,19). The summed E-state index contributed by atoms with van der Waals surface area (Å²) < 4.78 is 6.19. The molecule has 21 heavy (non-hydrogen) atoms. The van der Waals surface area contributed by atoms with Crippen molar-refractivity contribution in [3.63, 3.8) is 0 Å². The van der Waals surface area contributed by atoms with Gasteiger partial charge in [0.15, 0.2) is 5.13 Å². The fourth-order valence-corrected chi connectivity index (χ4v) is 2.79. The molecule has 0 radical (unpaired) electrons. The first-order chi connectivity index (χ1) is 10.2. The number of hydrogen-bond acceptors (Lipinski definition) is 6. The number of hydrogen-bond donors (Lipinski definition) is 2. The molecule has 1 amide bonds. The first-order valence-electron chi connectivity index (χ1n) is 6.14. The van der Waals surface area contributed by atoms with Crippen molar-refractivity contribution in [1.29, 1.82) is 0 Å². The van der Waals surface area contributed by atoms with Gasteiger partial charge in [0.05, 0.1) is 17.4 Å². The van der Waals surface area contributed by atoms with E-state index in [0.29, 0.717) is 16.4 Å². The van der Waals surface area contributed by atoms with Crippen LogP contribution in [0.3, 0.4) is 0 Å². The van der Waals surface area contributed by atoms with E-state index in [-0.39, 0.29) is 11.7 Å². The SMILES string of the molecule is COc1cccc2sc(NC(=O)c3cccnc3N)nc12. The summed E-state index contributed by atoms with van der Waals surface area (Å²) in [4.78, 5) is 20.4. The van der Waals surface area contributed by atoms with Crippen LogP contribution in [0.1, 0.15) is 10.4 Å². The maximum Gasteiger partial charge on any atom is 0.261 e. The number of nitrogen functional groups attached to an aromatic ring is 1. The van der Waals surface area contributed by atoms with Crippen molar-refractivity contribution in [3.05, 3.63) is 42.1 Å². The van der Waals surface area contributed by atoms with E-state index in [1.165, 1.54) is 17.5 Å². The van der Waals surface area contributed by atoms with Crippen molar-refractivity contribution in [1.82, 2.24) is 9.97 Å². The zero-order chi connectivity index (χ0) is 14.8. The average Bonchev–Trinajstić information content (AvgIpc) is 2.89. The largest absolute Gasteiger partial charge is 0.494 e. The van der Waals surface area contributed by atoms with E-state index >= 15 is 0 Å². The smallest absolute Gasteiger partial charge is 0.261 e. The van der Waals surface area contributed by atoms with E-state index in [4.69, 9.17) is 10.5 Å². The first kappa shape index (κ1) is 13.3. The summed E-state index contributed by atoms with van der Waals surface area (Å²) in [5.41, 5.74) is 6.73. The summed E-state index contributed by atoms with van der Waals surface area (Å²) in [7, 11) is 1.59. The van der Waals surface area contributed by atoms with E-state index in [0.717, 1.165) is 10.2 Å². The van der Waals surface area contributed by atoms with E-state index in [9.17, 15) is 4.79 Å². The Kier molecular flexibility index (Phi) is 3.41. The number of thiazole rings is 1. The molecule has 1 aromatic carbocycles. The van der Waals surface area contributed by atoms with Crippen molar-refractivity contribution in [2.24, 2.45) is 0 Å². The van der Waals surface area contributed by atoms with Crippen molar-refractivity contribution in [3.8, 4) is 5.75 Å². The second kappa shape index (κ2) is 5.37. The van der Waals surface area contributed by atoms with Crippen LogP contribution >= 0.6 is 11.3 Å². The zero-order valence-corrected chi connectivity index (χ0v) is 12.0. The molecule has 0 spiro atoms. The molecule has 0 aliphatic rings. The zero-order valence-electron chi connectivity index (χ0n) is 11.2. The molecule has 6 nitrogen and oxygen atoms in total. The second-order valence-electron chi connectivity index (χ2n) is 4.22. The predicted molar refractivity (Wildman–Crippen MR) is 82.8 cm³/mol. The molecule has 0 saturated heterocycles. The summed E-state index contributed by atoms with van der Waals surface area (Å²) in [5, 5.41) is 3.22. The monoisotopic (exact) mass is 300 g/mol. The average molecular weight is 300 g/mol. The lowest BCUT2D eigenvalue weighted by Crippen LogP contribution is -2.14. The lowest BCUT2D eigenvalue weighted by atomic mass is 10.2. The minimum atomic E-state index is -0.335. The summed E-state index contributed by atoms with van der Waals surface area (Å²) >= 11 is 1.37. The van der Waals surface area contributed by atoms with E-state index in [1.54, 1.807) is 19.2 Å². The molecule has 2 heterocycles. The summed E-state index contributed by atoms with van der Waals surface area (Å²) in [5.74, 6) is 0.525. The van der Waals surface area contributed by atoms with Crippen LogP contribution in [0.5, 0.6) is 5.75 Å². The van der Waals surface area contributed by atoms with E-state index in [1.807, 2.05) is 18.2 Å². The molecule has 0 fully saturated rings. The molecule has 3 aromatic rings. The predicted octanol–water partition coefficient (Wildman–Crippen LogP) is 2.53. The molecule has 0 atom stereocenters. The van der Waals surface area contributed by atoms with Gasteiger partial charge in [-0.25, -0.2) is 9.97 Å². The highest BCUT2D eigenvalue weighted by Crippen LogP contribution is 2.32. The Morgan fingerprint density at radius 2 is 2.19 bits per heavy atom. The van der Waals surface area contributed by atoms with Gasteiger partial charge in [-0.05, 0) is 24.3 Å². The number of rotatable bonds is 3. The number of para-hydroxylation sites is 1. The molecule has 0 aliphatic heterocycles. The highest BCUT2D eigenvalue weighted by molar-refractivity contribution is 7.22. The van der Waals surface area contributed by atoms with Gasteiger partial charge in [-0.1, -0.05) is 17.4 Å². The number of methoxy groups -OCH3 is 1. The number of nitrogens with one attached hydrogen (secondary N) is 1. The van der Waals surface area contributed by atoms with Crippen LogP contribution in [0.25, 0.3) is 10.2 Å². The first-order valence-corrected chi connectivity index (χ1v) is 6.96. The van der Waals surface area contributed by atoms with Crippen LogP contribution in [-0.4, -0.2) is 23.0 Å². The Balaban J connectivity index is 1.92. The van der Waals surface area contributed by atoms with Crippen LogP contribution < -0.4 is 15.8 Å². The third kappa shape index (κ3) is 2.50. The fraction of sp³-hybridized carbons (Fsp3) is 0.0714. The van der Waals surface area contributed by atoms with Crippen LogP contribution in [0.4, 0.5) is 10.9 Å². The summed E-state index contributed by atoms with van der Waals surface area (Å²) in [6.07, 6.45) is 1.54. The van der Waals surface area contributed by atoms with Gasteiger partial charge in [0.25, 0.3) is 5.91 Å². The Morgan fingerprint density at radius 3 is 2.95 bits per heavy atom. The maximum atomic E-state index is 12.2. The molecule has 2 aromatic heterocycles. The van der Waals surface area contributed by atoms with Crippen molar-refractivity contribution < 1.29 is 9.53 Å². The Labute approximate surface area is 124 Å². The third-order valence-electron chi connectivity index (χ3n) is 2.91. The molecule has 0 unspecified atom stereocenters. The molecular weight excluding hydrogens is 288 g/mol.